The molecule has 0 aromatic heterocycles. The molecule has 0 atom stereocenters. The second kappa shape index (κ2) is 6.26. The molecule has 0 spiro atoms. The SMILES string of the molecule is COc1ccc(C(=O)c2cccc(OC)c2F)c(OC)c1. The highest BCUT2D eigenvalue weighted by molar-refractivity contribution is 6.11. The molecule has 2 aromatic carbocycles. The second-order valence-corrected chi connectivity index (χ2v) is 4.22. The van der Waals surface area contributed by atoms with Crippen molar-refractivity contribution in [2.75, 3.05) is 21.3 Å². The summed E-state index contributed by atoms with van der Waals surface area (Å²) >= 11 is 0. The van der Waals surface area contributed by atoms with Crippen molar-refractivity contribution in [3.8, 4) is 17.2 Å². The Morgan fingerprint density at radius 3 is 2.24 bits per heavy atom. The fourth-order valence-electron chi connectivity index (χ4n) is 1.97. The zero-order valence-electron chi connectivity index (χ0n) is 12.0. The summed E-state index contributed by atoms with van der Waals surface area (Å²) in [6.07, 6.45) is 0. The number of halogens is 1. The molecule has 2 rings (SSSR count). The third-order valence-corrected chi connectivity index (χ3v) is 3.08. The standard InChI is InChI=1S/C16H15FO4/c1-19-10-7-8-11(14(9-10)21-3)16(18)12-5-4-6-13(20-2)15(12)17/h4-9H,1-3H3. The number of benzene rings is 2. The third-order valence-electron chi connectivity index (χ3n) is 3.08. The Kier molecular flexibility index (Phi) is 4.42. The molecule has 0 heterocycles. The van der Waals surface area contributed by atoms with Gasteiger partial charge in [0.05, 0.1) is 32.5 Å². The van der Waals surface area contributed by atoms with Crippen molar-refractivity contribution in [2.24, 2.45) is 0 Å². The lowest BCUT2D eigenvalue weighted by Crippen LogP contribution is -2.07. The quantitative estimate of drug-likeness (QED) is 0.794. The lowest BCUT2D eigenvalue weighted by atomic mass is 10.0. The molecular formula is C16H15FO4. The van der Waals surface area contributed by atoms with Gasteiger partial charge in [0.1, 0.15) is 11.5 Å². The highest BCUT2D eigenvalue weighted by Crippen LogP contribution is 2.29. The largest absolute Gasteiger partial charge is 0.497 e. The topological polar surface area (TPSA) is 44.8 Å². The Bertz CT molecular complexity index is 667. The second-order valence-electron chi connectivity index (χ2n) is 4.22. The average molecular weight is 290 g/mol. The van der Waals surface area contributed by atoms with E-state index in [1.165, 1.54) is 33.5 Å². The van der Waals surface area contributed by atoms with Crippen LogP contribution in [0.1, 0.15) is 15.9 Å². The number of ether oxygens (including phenoxy) is 3. The van der Waals surface area contributed by atoms with Gasteiger partial charge in [-0.1, -0.05) is 6.07 Å². The van der Waals surface area contributed by atoms with Crippen molar-refractivity contribution in [1.82, 2.24) is 0 Å². The number of carbonyl (C=O) groups is 1. The molecule has 21 heavy (non-hydrogen) atoms. The Morgan fingerprint density at radius 2 is 1.62 bits per heavy atom. The molecule has 0 aliphatic heterocycles. The van der Waals surface area contributed by atoms with Gasteiger partial charge >= 0.3 is 0 Å². The van der Waals surface area contributed by atoms with E-state index in [-0.39, 0.29) is 16.9 Å². The van der Waals surface area contributed by atoms with Gasteiger partial charge in [0, 0.05) is 6.07 Å². The van der Waals surface area contributed by atoms with Crippen molar-refractivity contribution in [3.05, 3.63) is 53.3 Å². The van der Waals surface area contributed by atoms with Crippen LogP contribution >= 0.6 is 0 Å². The van der Waals surface area contributed by atoms with Crippen LogP contribution in [0.15, 0.2) is 36.4 Å². The zero-order valence-corrected chi connectivity index (χ0v) is 12.0. The normalized spacial score (nSPS) is 10.1. The van der Waals surface area contributed by atoms with Crippen LogP contribution in [0.4, 0.5) is 4.39 Å². The first kappa shape index (κ1) is 14.8. The monoisotopic (exact) mass is 290 g/mol. The van der Waals surface area contributed by atoms with E-state index in [4.69, 9.17) is 14.2 Å². The number of hydrogen-bond donors (Lipinski definition) is 0. The van der Waals surface area contributed by atoms with Crippen LogP contribution in [0, 0.1) is 5.82 Å². The molecule has 5 heteroatoms. The zero-order chi connectivity index (χ0) is 15.4. The maximum Gasteiger partial charge on any atom is 0.199 e. The van der Waals surface area contributed by atoms with E-state index < -0.39 is 11.6 Å². The van der Waals surface area contributed by atoms with Gasteiger partial charge in [-0.2, -0.15) is 0 Å². The van der Waals surface area contributed by atoms with Crippen molar-refractivity contribution < 1.29 is 23.4 Å². The first-order valence-electron chi connectivity index (χ1n) is 6.21. The molecule has 2 aromatic rings. The summed E-state index contributed by atoms with van der Waals surface area (Å²) in [5.74, 6) is -0.279. The Hall–Kier alpha value is -2.56. The maximum atomic E-state index is 14.2. The predicted octanol–water partition coefficient (Wildman–Crippen LogP) is 3.08. The van der Waals surface area contributed by atoms with E-state index in [0.717, 1.165) is 0 Å². The molecule has 0 radical (unpaired) electrons. The molecule has 0 aliphatic rings. The minimum atomic E-state index is -0.692. The first-order valence-corrected chi connectivity index (χ1v) is 6.21. The van der Waals surface area contributed by atoms with Gasteiger partial charge in [0.2, 0.25) is 0 Å². The van der Waals surface area contributed by atoms with Crippen molar-refractivity contribution in [3.63, 3.8) is 0 Å². The Morgan fingerprint density at radius 1 is 0.905 bits per heavy atom. The van der Waals surface area contributed by atoms with Crippen LogP contribution < -0.4 is 14.2 Å². The highest BCUT2D eigenvalue weighted by Gasteiger charge is 2.20. The van der Waals surface area contributed by atoms with E-state index in [1.54, 1.807) is 24.3 Å². The molecule has 110 valence electrons. The summed E-state index contributed by atoms with van der Waals surface area (Å²) in [7, 11) is 4.30. The maximum absolute atomic E-state index is 14.2. The predicted molar refractivity (Wildman–Crippen MR) is 75.9 cm³/mol. The molecule has 0 N–H and O–H groups in total. The molecule has 0 fully saturated rings. The molecule has 0 amide bonds. The minimum Gasteiger partial charge on any atom is -0.497 e. The van der Waals surface area contributed by atoms with Gasteiger partial charge in [-0.05, 0) is 24.3 Å². The molecular weight excluding hydrogens is 275 g/mol. The summed E-state index contributed by atoms with van der Waals surface area (Å²) in [5, 5.41) is 0. The van der Waals surface area contributed by atoms with Crippen LogP contribution in [0.5, 0.6) is 17.2 Å². The lowest BCUT2D eigenvalue weighted by molar-refractivity contribution is 0.103. The number of hydrogen-bond acceptors (Lipinski definition) is 4. The van der Waals surface area contributed by atoms with Crippen LogP contribution in [0.2, 0.25) is 0 Å². The molecule has 0 saturated carbocycles. The summed E-state index contributed by atoms with van der Waals surface area (Å²) in [5.41, 5.74) is 0.184. The van der Waals surface area contributed by atoms with Crippen molar-refractivity contribution in [2.45, 2.75) is 0 Å². The summed E-state index contributed by atoms with van der Waals surface area (Å²) in [4.78, 5) is 12.5. The summed E-state index contributed by atoms with van der Waals surface area (Å²) in [6.45, 7) is 0. The molecule has 0 aliphatic carbocycles. The average Bonchev–Trinajstić information content (AvgIpc) is 2.53. The van der Waals surface area contributed by atoms with E-state index in [1.807, 2.05) is 0 Å². The Balaban J connectivity index is 2.50. The van der Waals surface area contributed by atoms with Gasteiger partial charge < -0.3 is 14.2 Å². The van der Waals surface area contributed by atoms with Gasteiger partial charge in [-0.3, -0.25) is 4.79 Å². The van der Waals surface area contributed by atoms with Crippen LogP contribution in [0.3, 0.4) is 0 Å². The minimum absolute atomic E-state index is 0.0216. The van der Waals surface area contributed by atoms with Gasteiger partial charge in [0.25, 0.3) is 0 Å². The smallest absolute Gasteiger partial charge is 0.199 e. The first-order chi connectivity index (χ1) is 10.1. The lowest BCUT2D eigenvalue weighted by Gasteiger charge is -2.11. The van der Waals surface area contributed by atoms with Gasteiger partial charge in [0.15, 0.2) is 17.3 Å². The van der Waals surface area contributed by atoms with Crippen LogP contribution in [-0.2, 0) is 0 Å². The van der Waals surface area contributed by atoms with Crippen LogP contribution in [0.25, 0.3) is 0 Å². The summed E-state index contributed by atoms with van der Waals surface area (Å²) in [6, 6.07) is 9.16. The fourth-order valence-corrected chi connectivity index (χ4v) is 1.97. The fraction of sp³-hybridized carbons (Fsp3) is 0.188. The molecule has 0 bridgehead atoms. The molecule has 4 nitrogen and oxygen atoms in total. The summed E-state index contributed by atoms with van der Waals surface area (Å²) < 4.78 is 29.3. The third kappa shape index (κ3) is 2.81. The highest BCUT2D eigenvalue weighted by atomic mass is 19.1. The van der Waals surface area contributed by atoms with E-state index in [9.17, 15) is 9.18 Å². The number of rotatable bonds is 5. The number of carbonyl (C=O) groups excluding carboxylic acids is 1. The van der Waals surface area contributed by atoms with Crippen LogP contribution in [-0.4, -0.2) is 27.1 Å². The molecule has 0 saturated heterocycles. The van der Waals surface area contributed by atoms with Crippen molar-refractivity contribution in [1.29, 1.82) is 0 Å². The van der Waals surface area contributed by atoms with Gasteiger partial charge in [-0.15, -0.1) is 0 Å². The molecule has 0 unspecified atom stereocenters. The van der Waals surface area contributed by atoms with Crippen molar-refractivity contribution >= 4 is 5.78 Å². The number of ketones is 1. The van der Waals surface area contributed by atoms with E-state index >= 15 is 0 Å². The van der Waals surface area contributed by atoms with E-state index in [2.05, 4.69) is 0 Å². The van der Waals surface area contributed by atoms with Gasteiger partial charge in [-0.25, -0.2) is 4.39 Å². The Labute approximate surface area is 122 Å². The number of methoxy groups -OCH3 is 3. The van der Waals surface area contributed by atoms with E-state index in [0.29, 0.717) is 11.5 Å².